The van der Waals surface area contributed by atoms with Crippen LogP contribution < -0.4 is 31.3 Å². The van der Waals surface area contributed by atoms with Gasteiger partial charge in [0.05, 0.1) is 12.3 Å². The van der Waals surface area contributed by atoms with Crippen LogP contribution in [0.1, 0.15) is 59.0 Å². The van der Waals surface area contributed by atoms with E-state index in [2.05, 4.69) is 23.5 Å². The molecular weight excluding hydrogens is 516 g/mol. The van der Waals surface area contributed by atoms with Crippen molar-refractivity contribution in [2.45, 2.75) is 33.2 Å². The quantitative estimate of drug-likeness (QED) is 0.310. The Kier molecular flexibility index (Phi) is 9.89. The van der Waals surface area contributed by atoms with Gasteiger partial charge in [-0.25, -0.2) is 0 Å². The SMILES string of the molecule is CCOc1ccc(N(C(=O)c2snc(C(N)=O)c2N)[C@H](C(=O)NCCC(C)C)c2ccc(N(C)C)cc2)cc1. The molecule has 1 heterocycles. The first-order chi connectivity index (χ1) is 18.5. The number of benzene rings is 2. The van der Waals surface area contributed by atoms with Gasteiger partial charge in [-0.15, -0.1) is 0 Å². The average molecular weight is 553 g/mol. The van der Waals surface area contributed by atoms with Gasteiger partial charge >= 0.3 is 0 Å². The summed E-state index contributed by atoms with van der Waals surface area (Å²) in [6, 6.07) is 13.2. The third-order valence-corrected chi connectivity index (χ3v) is 6.90. The van der Waals surface area contributed by atoms with Crippen molar-refractivity contribution in [3.63, 3.8) is 0 Å². The fourth-order valence-electron chi connectivity index (χ4n) is 3.94. The van der Waals surface area contributed by atoms with Crippen LogP contribution in [0.15, 0.2) is 48.5 Å². The van der Waals surface area contributed by atoms with Crippen LogP contribution in [0.4, 0.5) is 17.1 Å². The molecular formula is C28H36N6O4S. The summed E-state index contributed by atoms with van der Waals surface area (Å²) >= 11 is 0.769. The maximum atomic E-state index is 14.1. The summed E-state index contributed by atoms with van der Waals surface area (Å²) in [5, 5.41) is 2.99. The predicted octanol–water partition coefficient (Wildman–Crippen LogP) is 3.84. The number of carbonyl (C=O) groups excluding carboxylic acids is 3. The summed E-state index contributed by atoms with van der Waals surface area (Å²) in [6.07, 6.45) is 0.777. The van der Waals surface area contributed by atoms with Gasteiger partial charge in [0.15, 0.2) is 5.69 Å². The number of anilines is 3. The van der Waals surface area contributed by atoms with Crippen LogP contribution in [-0.4, -0.2) is 49.3 Å². The van der Waals surface area contributed by atoms with Crippen molar-refractivity contribution in [1.29, 1.82) is 0 Å². The third-order valence-electron chi connectivity index (χ3n) is 6.05. The van der Waals surface area contributed by atoms with E-state index in [-0.39, 0.29) is 22.2 Å². The second kappa shape index (κ2) is 13.1. The molecule has 3 amide bonds. The van der Waals surface area contributed by atoms with E-state index in [0.717, 1.165) is 23.6 Å². The molecule has 11 heteroatoms. The lowest BCUT2D eigenvalue weighted by Gasteiger charge is -2.31. The molecule has 1 atom stereocenters. The summed E-state index contributed by atoms with van der Waals surface area (Å²) in [7, 11) is 3.84. The van der Waals surface area contributed by atoms with Gasteiger partial charge in [0, 0.05) is 32.0 Å². The zero-order valence-electron chi connectivity index (χ0n) is 22.9. The number of hydrogen-bond donors (Lipinski definition) is 3. The number of nitrogen functional groups attached to an aromatic ring is 1. The van der Waals surface area contributed by atoms with Crippen LogP contribution in [0.3, 0.4) is 0 Å². The van der Waals surface area contributed by atoms with Crippen molar-refractivity contribution in [2.75, 3.05) is 42.8 Å². The summed E-state index contributed by atoms with van der Waals surface area (Å²) in [5.41, 5.74) is 13.2. The lowest BCUT2D eigenvalue weighted by atomic mass is 10.0. The van der Waals surface area contributed by atoms with E-state index in [4.69, 9.17) is 16.2 Å². The molecule has 0 radical (unpaired) electrons. The maximum absolute atomic E-state index is 14.1. The van der Waals surface area contributed by atoms with Crippen LogP contribution in [0.5, 0.6) is 5.75 Å². The topological polar surface area (TPSA) is 144 Å². The molecule has 0 bridgehead atoms. The summed E-state index contributed by atoms with van der Waals surface area (Å²) in [4.78, 5) is 43.1. The number of primary amides is 1. The standard InChI is InChI=1S/C28H36N6O4S/c1-6-38-21-13-11-20(12-14-21)34(28(37)25-22(29)23(26(30)35)32-39-25)24(27(36)31-16-15-17(2)3)18-7-9-19(10-8-18)33(4)5/h7-14,17,24H,6,15-16,29H2,1-5H3,(H2,30,35)(H,31,36)/t24-/m0/s1. The minimum absolute atomic E-state index is 0.0163. The first-order valence-corrected chi connectivity index (χ1v) is 13.5. The van der Waals surface area contributed by atoms with Crippen molar-refractivity contribution < 1.29 is 19.1 Å². The first kappa shape index (κ1) is 29.4. The van der Waals surface area contributed by atoms with Gasteiger partial charge in [-0.3, -0.25) is 19.3 Å². The lowest BCUT2D eigenvalue weighted by molar-refractivity contribution is -0.122. The minimum atomic E-state index is -1.04. The molecule has 3 aromatic rings. The molecule has 5 N–H and O–H groups in total. The second-order valence-corrected chi connectivity index (χ2v) is 10.4. The normalized spacial score (nSPS) is 11.6. The fraction of sp³-hybridized carbons (Fsp3) is 0.357. The number of nitrogens with zero attached hydrogens (tertiary/aromatic N) is 3. The molecule has 2 aromatic carbocycles. The molecule has 0 aliphatic carbocycles. The molecule has 39 heavy (non-hydrogen) atoms. The van der Waals surface area contributed by atoms with Crippen molar-refractivity contribution in [2.24, 2.45) is 11.7 Å². The predicted molar refractivity (Wildman–Crippen MR) is 155 cm³/mol. The van der Waals surface area contributed by atoms with Crippen molar-refractivity contribution in [3.05, 3.63) is 64.7 Å². The Labute approximate surface area is 233 Å². The molecule has 10 nitrogen and oxygen atoms in total. The molecule has 208 valence electrons. The molecule has 3 rings (SSSR count). The van der Waals surface area contributed by atoms with Crippen molar-refractivity contribution in [3.8, 4) is 5.75 Å². The zero-order valence-corrected chi connectivity index (χ0v) is 23.7. The third kappa shape index (κ3) is 7.05. The van der Waals surface area contributed by atoms with Crippen molar-refractivity contribution >= 4 is 46.3 Å². The zero-order chi connectivity index (χ0) is 28.7. The molecule has 0 saturated heterocycles. The minimum Gasteiger partial charge on any atom is -0.494 e. The maximum Gasteiger partial charge on any atom is 0.273 e. The molecule has 0 aliphatic rings. The van der Waals surface area contributed by atoms with Crippen LogP contribution in [0.2, 0.25) is 0 Å². The van der Waals surface area contributed by atoms with E-state index in [1.807, 2.05) is 50.2 Å². The van der Waals surface area contributed by atoms with Crippen LogP contribution in [0.25, 0.3) is 0 Å². The van der Waals surface area contributed by atoms with E-state index < -0.39 is 17.9 Å². The van der Waals surface area contributed by atoms with Gasteiger partial charge in [0.1, 0.15) is 16.7 Å². The number of nitrogens with one attached hydrogen (secondary N) is 1. The second-order valence-electron chi connectivity index (χ2n) is 9.60. The highest BCUT2D eigenvalue weighted by molar-refractivity contribution is 7.09. The highest BCUT2D eigenvalue weighted by Crippen LogP contribution is 2.34. The highest BCUT2D eigenvalue weighted by Gasteiger charge is 2.36. The number of ether oxygens (including phenoxy) is 1. The molecule has 0 unspecified atom stereocenters. The lowest BCUT2D eigenvalue weighted by Crippen LogP contribution is -2.44. The van der Waals surface area contributed by atoms with E-state index in [1.165, 1.54) is 4.90 Å². The Morgan fingerprint density at radius 3 is 2.15 bits per heavy atom. The fourth-order valence-corrected chi connectivity index (χ4v) is 4.69. The number of rotatable bonds is 12. The molecule has 1 aromatic heterocycles. The number of amides is 3. The van der Waals surface area contributed by atoms with E-state index in [9.17, 15) is 14.4 Å². The van der Waals surface area contributed by atoms with Gasteiger partial charge < -0.3 is 26.4 Å². The van der Waals surface area contributed by atoms with Gasteiger partial charge in [-0.1, -0.05) is 26.0 Å². The van der Waals surface area contributed by atoms with Gasteiger partial charge in [0.2, 0.25) is 5.91 Å². The molecule has 0 aliphatic heterocycles. The van der Waals surface area contributed by atoms with E-state index >= 15 is 0 Å². The smallest absolute Gasteiger partial charge is 0.273 e. The Morgan fingerprint density at radius 2 is 1.64 bits per heavy atom. The van der Waals surface area contributed by atoms with Gasteiger partial charge in [-0.2, -0.15) is 4.37 Å². The molecule has 0 spiro atoms. The first-order valence-electron chi connectivity index (χ1n) is 12.7. The Bertz CT molecular complexity index is 1290. The van der Waals surface area contributed by atoms with E-state index in [1.54, 1.807) is 24.3 Å². The van der Waals surface area contributed by atoms with Crippen LogP contribution in [0, 0.1) is 5.92 Å². The summed E-state index contributed by atoms with van der Waals surface area (Å²) < 4.78 is 9.57. The summed E-state index contributed by atoms with van der Waals surface area (Å²) in [6.45, 7) is 6.95. The Balaban J connectivity index is 2.17. The highest BCUT2D eigenvalue weighted by atomic mass is 32.1. The van der Waals surface area contributed by atoms with Crippen LogP contribution in [-0.2, 0) is 4.79 Å². The number of carbonyl (C=O) groups is 3. The number of hydrogen-bond acceptors (Lipinski definition) is 8. The number of aromatic nitrogens is 1. The average Bonchev–Trinajstić information content (AvgIpc) is 3.29. The Morgan fingerprint density at radius 1 is 1.03 bits per heavy atom. The molecule has 0 fully saturated rings. The van der Waals surface area contributed by atoms with Gasteiger partial charge in [-0.05, 0) is 72.8 Å². The number of nitrogens with two attached hydrogens (primary N) is 2. The van der Waals surface area contributed by atoms with Crippen LogP contribution >= 0.6 is 11.5 Å². The summed E-state index contributed by atoms with van der Waals surface area (Å²) in [5.74, 6) is -0.764. The van der Waals surface area contributed by atoms with Gasteiger partial charge in [0.25, 0.3) is 11.8 Å². The largest absolute Gasteiger partial charge is 0.494 e. The Hall–Kier alpha value is -4.12. The monoisotopic (exact) mass is 552 g/mol. The molecule has 0 saturated carbocycles. The van der Waals surface area contributed by atoms with E-state index in [0.29, 0.717) is 36.1 Å². The van der Waals surface area contributed by atoms with Crippen molar-refractivity contribution in [1.82, 2.24) is 9.69 Å².